The maximum atomic E-state index is 12.3. The van der Waals surface area contributed by atoms with E-state index in [-0.39, 0.29) is 17.3 Å². The lowest BCUT2D eigenvalue weighted by atomic mass is 9.80. The van der Waals surface area contributed by atoms with Crippen molar-refractivity contribution < 1.29 is 14.6 Å². The van der Waals surface area contributed by atoms with Gasteiger partial charge in [0, 0.05) is 13.1 Å². The Morgan fingerprint density at radius 1 is 1.33 bits per heavy atom. The third-order valence-electron chi connectivity index (χ3n) is 3.84. The van der Waals surface area contributed by atoms with Crippen LogP contribution in [0.25, 0.3) is 0 Å². The maximum Gasteiger partial charge on any atom is 0.410 e. The first-order valence-electron chi connectivity index (χ1n) is 7.39. The van der Waals surface area contributed by atoms with Crippen molar-refractivity contribution in [1.29, 1.82) is 0 Å². The molecule has 1 N–H and O–H groups in total. The molecule has 0 fully saturated rings. The summed E-state index contributed by atoms with van der Waals surface area (Å²) in [7, 11) is 0. The van der Waals surface area contributed by atoms with Crippen LogP contribution in [0.15, 0.2) is 18.2 Å². The minimum Gasteiger partial charge on any atom is -0.508 e. The van der Waals surface area contributed by atoms with Gasteiger partial charge >= 0.3 is 6.09 Å². The molecule has 2 rings (SSSR count). The Kier molecular flexibility index (Phi) is 3.91. The summed E-state index contributed by atoms with van der Waals surface area (Å²) in [6, 6.07) is 5.39. The van der Waals surface area contributed by atoms with Gasteiger partial charge in [0.25, 0.3) is 0 Å². The summed E-state index contributed by atoms with van der Waals surface area (Å²) in [5.41, 5.74) is 1.61. The van der Waals surface area contributed by atoms with E-state index in [2.05, 4.69) is 13.8 Å². The van der Waals surface area contributed by atoms with E-state index >= 15 is 0 Å². The van der Waals surface area contributed by atoms with E-state index < -0.39 is 5.60 Å². The van der Waals surface area contributed by atoms with Gasteiger partial charge in [-0.05, 0) is 55.9 Å². The zero-order valence-corrected chi connectivity index (χ0v) is 13.6. The van der Waals surface area contributed by atoms with Gasteiger partial charge < -0.3 is 14.7 Å². The molecule has 0 spiro atoms. The molecule has 0 bridgehead atoms. The van der Waals surface area contributed by atoms with E-state index in [4.69, 9.17) is 4.74 Å². The number of benzene rings is 1. The van der Waals surface area contributed by atoms with Crippen molar-refractivity contribution in [2.45, 2.75) is 58.6 Å². The molecule has 4 nitrogen and oxygen atoms in total. The van der Waals surface area contributed by atoms with Gasteiger partial charge in [-0.2, -0.15) is 0 Å². The Morgan fingerprint density at radius 2 is 2.00 bits per heavy atom. The Hall–Kier alpha value is -1.71. The number of aromatic hydroxyl groups is 1. The summed E-state index contributed by atoms with van der Waals surface area (Å²) in [5.74, 6) is 0.271. The molecule has 1 aromatic rings. The molecule has 1 aliphatic rings. The zero-order valence-electron chi connectivity index (χ0n) is 13.6. The van der Waals surface area contributed by atoms with E-state index in [9.17, 15) is 9.90 Å². The van der Waals surface area contributed by atoms with Crippen LogP contribution in [0.1, 0.15) is 52.2 Å². The van der Waals surface area contributed by atoms with Crippen molar-refractivity contribution in [2.75, 3.05) is 6.54 Å². The van der Waals surface area contributed by atoms with Gasteiger partial charge in [0.2, 0.25) is 0 Å². The number of nitrogens with zero attached hydrogens (tertiary/aromatic N) is 1. The van der Waals surface area contributed by atoms with Crippen molar-refractivity contribution >= 4 is 6.09 Å². The van der Waals surface area contributed by atoms with Crippen LogP contribution in [0.4, 0.5) is 4.79 Å². The van der Waals surface area contributed by atoms with Crippen molar-refractivity contribution in [2.24, 2.45) is 0 Å². The molecular formula is C17H25NO3. The van der Waals surface area contributed by atoms with Gasteiger partial charge in [-0.25, -0.2) is 4.79 Å². The van der Waals surface area contributed by atoms with Gasteiger partial charge in [0.15, 0.2) is 0 Å². The first-order chi connectivity index (χ1) is 9.58. The van der Waals surface area contributed by atoms with E-state index in [0.29, 0.717) is 13.1 Å². The predicted molar refractivity (Wildman–Crippen MR) is 82.4 cm³/mol. The lowest BCUT2D eigenvalue weighted by molar-refractivity contribution is 0.0231. The molecule has 0 atom stereocenters. The fraction of sp³-hybridized carbons (Fsp3) is 0.588. The minimum atomic E-state index is -0.489. The monoisotopic (exact) mass is 291 g/mol. The molecule has 0 radical (unpaired) electrons. The molecule has 0 saturated heterocycles. The first kappa shape index (κ1) is 15.7. The largest absolute Gasteiger partial charge is 0.508 e. The molecule has 1 aromatic carbocycles. The van der Waals surface area contributed by atoms with Crippen molar-refractivity contribution in [3.63, 3.8) is 0 Å². The average molecular weight is 291 g/mol. The second-order valence-electron chi connectivity index (χ2n) is 7.38. The summed E-state index contributed by atoms with van der Waals surface area (Å²) < 4.78 is 5.48. The Morgan fingerprint density at radius 3 is 2.62 bits per heavy atom. The molecule has 1 aliphatic heterocycles. The van der Waals surface area contributed by atoms with Crippen LogP contribution in [0.5, 0.6) is 5.75 Å². The summed E-state index contributed by atoms with van der Waals surface area (Å²) >= 11 is 0. The Labute approximate surface area is 126 Å². The number of phenols is 1. The van der Waals surface area contributed by atoms with Crippen LogP contribution in [0, 0.1) is 0 Å². The molecule has 4 heteroatoms. The number of fused-ring (bicyclic) bond motifs is 1. The van der Waals surface area contributed by atoms with E-state index in [1.54, 1.807) is 11.0 Å². The second kappa shape index (κ2) is 5.24. The molecule has 0 saturated carbocycles. The zero-order chi connectivity index (χ0) is 15.8. The number of amides is 1. The molecular weight excluding hydrogens is 266 g/mol. The fourth-order valence-electron chi connectivity index (χ4n) is 2.65. The lowest BCUT2D eigenvalue weighted by Crippen LogP contribution is -2.37. The number of rotatable bonds is 0. The standard InChI is InChI=1S/C17H25NO3/c1-16(2,3)21-15(20)18-9-8-17(4,5)14-10-13(19)7-6-12(14)11-18/h6-7,10,19H,8-9,11H2,1-5H3. The highest BCUT2D eigenvalue weighted by atomic mass is 16.6. The third-order valence-corrected chi connectivity index (χ3v) is 3.84. The molecule has 116 valence electrons. The number of carbonyl (C=O) groups excluding carboxylic acids is 1. The van der Waals surface area contributed by atoms with Gasteiger partial charge in [-0.15, -0.1) is 0 Å². The number of hydrogen-bond donors (Lipinski definition) is 1. The third kappa shape index (κ3) is 3.69. The van der Waals surface area contributed by atoms with Gasteiger partial charge in [0.05, 0.1) is 0 Å². The van der Waals surface area contributed by atoms with Crippen LogP contribution >= 0.6 is 0 Å². The fourth-order valence-corrected chi connectivity index (χ4v) is 2.65. The van der Waals surface area contributed by atoms with Gasteiger partial charge in [-0.1, -0.05) is 19.9 Å². The first-order valence-corrected chi connectivity index (χ1v) is 7.39. The average Bonchev–Trinajstić information content (AvgIpc) is 2.45. The smallest absolute Gasteiger partial charge is 0.410 e. The van der Waals surface area contributed by atoms with Crippen LogP contribution in [-0.4, -0.2) is 28.2 Å². The normalized spacial score (nSPS) is 17.9. The van der Waals surface area contributed by atoms with Gasteiger partial charge in [-0.3, -0.25) is 0 Å². The minimum absolute atomic E-state index is 0.0785. The van der Waals surface area contributed by atoms with Crippen LogP contribution < -0.4 is 0 Å². The van der Waals surface area contributed by atoms with Crippen LogP contribution in [0.3, 0.4) is 0 Å². The number of phenolic OH excluding ortho intramolecular Hbond substituents is 1. The predicted octanol–water partition coefficient (Wildman–Crippen LogP) is 3.81. The lowest BCUT2D eigenvalue weighted by Gasteiger charge is -2.27. The van der Waals surface area contributed by atoms with Crippen molar-refractivity contribution in [3.05, 3.63) is 29.3 Å². The second-order valence-corrected chi connectivity index (χ2v) is 7.38. The molecule has 0 aromatic heterocycles. The Bertz CT molecular complexity index is 543. The molecule has 0 unspecified atom stereocenters. The highest BCUT2D eigenvalue weighted by molar-refractivity contribution is 5.68. The van der Waals surface area contributed by atoms with Gasteiger partial charge in [0.1, 0.15) is 11.4 Å². The van der Waals surface area contributed by atoms with E-state index in [1.807, 2.05) is 32.9 Å². The molecule has 0 aliphatic carbocycles. The SMILES string of the molecule is CC(C)(C)OC(=O)N1CCC(C)(C)c2cc(O)ccc2C1. The van der Waals surface area contributed by atoms with Crippen LogP contribution in [0.2, 0.25) is 0 Å². The topological polar surface area (TPSA) is 49.8 Å². The van der Waals surface area contributed by atoms with Crippen molar-refractivity contribution in [1.82, 2.24) is 4.90 Å². The quantitative estimate of drug-likeness (QED) is 0.790. The number of hydrogen-bond acceptors (Lipinski definition) is 3. The van der Waals surface area contributed by atoms with Crippen LogP contribution in [-0.2, 0) is 16.7 Å². The van der Waals surface area contributed by atoms with Crippen molar-refractivity contribution in [3.8, 4) is 5.75 Å². The summed E-state index contributed by atoms with van der Waals surface area (Å²) in [4.78, 5) is 14.1. The highest BCUT2D eigenvalue weighted by Gasteiger charge is 2.32. The molecule has 1 amide bonds. The molecule has 21 heavy (non-hydrogen) atoms. The van der Waals surface area contributed by atoms with E-state index in [1.165, 1.54) is 0 Å². The highest BCUT2D eigenvalue weighted by Crippen LogP contribution is 2.36. The number of carbonyl (C=O) groups is 1. The molecule has 1 heterocycles. The summed E-state index contributed by atoms with van der Waals surface area (Å²) in [6.07, 6.45) is 0.558. The Balaban J connectivity index is 2.28. The summed E-state index contributed by atoms with van der Waals surface area (Å²) in [5, 5.41) is 9.73. The maximum absolute atomic E-state index is 12.3. The van der Waals surface area contributed by atoms with E-state index in [0.717, 1.165) is 17.5 Å². The number of ether oxygens (including phenoxy) is 1. The summed E-state index contributed by atoms with van der Waals surface area (Å²) in [6.45, 7) is 11.1.